The zero-order chi connectivity index (χ0) is 15.4. The van der Waals surface area contributed by atoms with Crippen LogP contribution in [0.4, 0.5) is 5.82 Å². The van der Waals surface area contributed by atoms with Gasteiger partial charge >= 0.3 is 0 Å². The van der Waals surface area contributed by atoms with E-state index < -0.39 is 6.10 Å². The van der Waals surface area contributed by atoms with Crippen molar-refractivity contribution in [3.05, 3.63) is 23.4 Å². The number of nitrogens with two attached hydrogens (primary N) is 1. The molecular formula is C16H25N3O2. The van der Waals surface area contributed by atoms with Gasteiger partial charge < -0.3 is 15.7 Å². The first-order chi connectivity index (χ1) is 10.0. The van der Waals surface area contributed by atoms with Crippen molar-refractivity contribution >= 4 is 11.7 Å². The Morgan fingerprint density at radius 3 is 2.81 bits per heavy atom. The van der Waals surface area contributed by atoms with Crippen LogP contribution in [-0.4, -0.2) is 40.1 Å². The molecule has 116 valence electrons. The average molecular weight is 291 g/mol. The lowest BCUT2D eigenvalue weighted by molar-refractivity contribution is 0.0268. The highest BCUT2D eigenvalue weighted by Crippen LogP contribution is 2.24. The molecule has 1 aliphatic rings. The van der Waals surface area contributed by atoms with Crippen LogP contribution in [0.1, 0.15) is 55.1 Å². The molecule has 0 aromatic carbocycles. The van der Waals surface area contributed by atoms with E-state index in [1.54, 1.807) is 18.0 Å². The van der Waals surface area contributed by atoms with Gasteiger partial charge in [-0.3, -0.25) is 4.79 Å². The first-order valence-corrected chi connectivity index (χ1v) is 7.74. The highest BCUT2D eigenvalue weighted by molar-refractivity contribution is 5.95. The fourth-order valence-corrected chi connectivity index (χ4v) is 3.02. The quantitative estimate of drug-likeness (QED) is 0.889. The number of nitrogens with zero attached hydrogens (tertiary/aromatic N) is 2. The number of amides is 1. The Kier molecular flexibility index (Phi) is 5.17. The fourth-order valence-electron chi connectivity index (χ4n) is 3.02. The highest BCUT2D eigenvalue weighted by Gasteiger charge is 2.30. The lowest BCUT2D eigenvalue weighted by Crippen LogP contribution is -2.46. The monoisotopic (exact) mass is 291 g/mol. The number of aromatic nitrogens is 1. The van der Waals surface area contributed by atoms with E-state index in [4.69, 9.17) is 5.73 Å². The summed E-state index contributed by atoms with van der Waals surface area (Å²) >= 11 is 0. The predicted octanol–water partition coefficient (Wildman–Crippen LogP) is 1.99. The maximum absolute atomic E-state index is 12.6. The Hall–Kier alpha value is -1.62. The van der Waals surface area contributed by atoms with E-state index >= 15 is 0 Å². The van der Waals surface area contributed by atoms with Crippen molar-refractivity contribution in [2.75, 3.05) is 12.8 Å². The van der Waals surface area contributed by atoms with Gasteiger partial charge in [0.2, 0.25) is 0 Å². The summed E-state index contributed by atoms with van der Waals surface area (Å²) in [4.78, 5) is 18.5. The molecule has 5 nitrogen and oxygen atoms in total. The molecule has 0 bridgehead atoms. The number of carbonyl (C=O) groups is 1. The molecule has 1 aliphatic carbocycles. The van der Waals surface area contributed by atoms with Gasteiger partial charge in [0.15, 0.2) is 0 Å². The number of rotatable bonds is 4. The summed E-state index contributed by atoms with van der Waals surface area (Å²) in [7, 11) is 1.76. The molecule has 0 spiro atoms. The van der Waals surface area contributed by atoms with E-state index in [-0.39, 0.29) is 11.9 Å². The Bertz CT molecular complexity index is 504. The van der Waals surface area contributed by atoms with Crippen molar-refractivity contribution in [3.8, 4) is 0 Å². The predicted molar refractivity (Wildman–Crippen MR) is 83.0 cm³/mol. The van der Waals surface area contributed by atoms with E-state index in [9.17, 15) is 9.90 Å². The molecule has 0 saturated heterocycles. The second kappa shape index (κ2) is 6.89. The maximum atomic E-state index is 12.6. The van der Waals surface area contributed by atoms with Crippen LogP contribution < -0.4 is 5.73 Å². The number of aliphatic hydroxyl groups excluding tert-OH is 1. The minimum absolute atomic E-state index is 0.0904. The summed E-state index contributed by atoms with van der Waals surface area (Å²) in [6, 6.07) is 3.33. The Labute approximate surface area is 126 Å². The average Bonchev–Trinajstić information content (AvgIpc) is 2.46. The molecule has 21 heavy (non-hydrogen) atoms. The van der Waals surface area contributed by atoms with Crippen LogP contribution in [0, 0.1) is 0 Å². The molecule has 1 aromatic heterocycles. The molecule has 2 unspecified atom stereocenters. The zero-order valence-electron chi connectivity index (χ0n) is 12.9. The minimum Gasteiger partial charge on any atom is -0.391 e. The van der Waals surface area contributed by atoms with Crippen molar-refractivity contribution < 1.29 is 9.90 Å². The highest BCUT2D eigenvalue weighted by atomic mass is 16.3. The smallest absolute Gasteiger partial charge is 0.254 e. The van der Waals surface area contributed by atoms with E-state index in [0.717, 1.165) is 44.2 Å². The lowest BCUT2D eigenvalue weighted by atomic mass is 9.91. The fraction of sp³-hybridized carbons (Fsp3) is 0.625. The summed E-state index contributed by atoms with van der Waals surface area (Å²) in [5.74, 6) is 0.286. The Morgan fingerprint density at radius 2 is 2.14 bits per heavy atom. The van der Waals surface area contributed by atoms with Gasteiger partial charge in [-0.05, 0) is 31.4 Å². The summed E-state index contributed by atoms with van der Waals surface area (Å²) in [5, 5.41) is 10.1. The molecule has 3 N–H and O–H groups in total. The number of nitrogen functional groups attached to an aromatic ring is 1. The Balaban J connectivity index is 2.18. The molecule has 2 rings (SSSR count). The number of pyridine rings is 1. The third-order valence-corrected chi connectivity index (χ3v) is 4.16. The van der Waals surface area contributed by atoms with Crippen LogP contribution in [0.25, 0.3) is 0 Å². The number of carbonyl (C=O) groups excluding carboxylic acids is 1. The Morgan fingerprint density at radius 1 is 1.43 bits per heavy atom. The van der Waals surface area contributed by atoms with Gasteiger partial charge in [-0.2, -0.15) is 0 Å². The van der Waals surface area contributed by atoms with E-state index in [1.165, 1.54) is 0 Å². The lowest BCUT2D eigenvalue weighted by Gasteiger charge is -2.35. The third kappa shape index (κ3) is 3.73. The molecule has 2 atom stereocenters. The van der Waals surface area contributed by atoms with Crippen molar-refractivity contribution in [2.24, 2.45) is 0 Å². The largest absolute Gasteiger partial charge is 0.391 e. The SMILES string of the molecule is CCCc1cc(C(=O)N(C)C2CCCCC2O)cc(N)n1. The van der Waals surface area contributed by atoms with Crippen molar-refractivity contribution in [3.63, 3.8) is 0 Å². The van der Waals surface area contributed by atoms with E-state index in [0.29, 0.717) is 11.4 Å². The molecule has 1 heterocycles. The molecule has 1 fully saturated rings. The first-order valence-electron chi connectivity index (χ1n) is 7.74. The van der Waals surface area contributed by atoms with Gasteiger partial charge in [0.1, 0.15) is 5.82 Å². The number of aliphatic hydroxyl groups is 1. The van der Waals surface area contributed by atoms with Crippen LogP contribution in [0.5, 0.6) is 0 Å². The maximum Gasteiger partial charge on any atom is 0.254 e. The van der Waals surface area contributed by atoms with Crippen molar-refractivity contribution in [2.45, 2.75) is 57.6 Å². The molecule has 0 aliphatic heterocycles. The van der Waals surface area contributed by atoms with Crippen LogP contribution >= 0.6 is 0 Å². The minimum atomic E-state index is -0.429. The number of likely N-dealkylation sites (N-methyl/N-ethyl adjacent to an activating group) is 1. The van der Waals surface area contributed by atoms with Gasteiger partial charge in [0.05, 0.1) is 12.1 Å². The van der Waals surface area contributed by atoms with Crippen LogP contribution in [0.15, 0.2) is 12.1 Å². The summed E-state index contributed by atoms with van der Waals surface area (Å²) in [6.45, 7) is 2.07. The van der Waals surface area contributed by atoms with E-state index in [2.05, 4.69) is 11.9 Å². The number of hydrogen-bond acceptors (Lipinski definition) is 4. The van der Waals surface area contributed by atoms with Gasteiger partial charge in [-0.1, -0.05) is 26.2 Å². The molecule has 1 amide bonds. The van der Waals surface area contributed by atoms with E-state index in [1.807, 2.05) is 6.07 Å². The van der Waals surface area contributed by atoms with Crippen LogP contribution in [0.3, 0.4) is 0 Å². The van der Waals surface area contributed by atoms with Crippen molar-refractivity contribution in [1.29, 1.82) is 0 Å². The molecule has 5 heteroatoms. The molecule has 1 saturated carbocycles. The topological polar surface area (TPSA) is 79.5 Å². The summed E-state index contributed by atoms with van der Waals surface area (Å²) in [5.41, 5.74) is 7.21. The van der Waals surface area contributed by atoms with Gasteiger partial charge in [-0.25, -0.2) is 4.98 Å². The number of anilines is 1. The second-order valence-electron chi connectivity index (χ2n) is 5.86. The van der Waals surface area contributed by atoms with Gasteiger partial charge in [0.25, 0.3) is 5.91 Å². The second-order valence-corrected chi connectivity index (χ2v) is 5.86. The van der Waals surface area contributed by atoms with Crippen LogP contribution in [-0.2, 0) is 6.42 Å². The molecular weight excluding hydrogens is 266 g/mol. The summed E-state index contributed by atoms with van der Waals surface area (Å²) in [6.07, 6.45) is 5.04. The normalized spacial score (nSPS) is 22.0. The first kappa shape index (κ1) is 15.8. The molecule has 0 radical (unpaired) electrons. The van der Waals surface area contributed by atoms with Crippen molar-refractivity contribution in [1.82, 2.24) is 9.88 Å². The van der Waals surface area contributed by atoms with Crippen LogP contribution in [0.2, 0.25) is 0 Å². The number of hydrogen-bond donors (Lipinski definition) is 2. The standard InChI is InChI=1S/C16H25N3O2/c1-3-6-12-9-11(10-15(17)18-12)16(21)19(2)13-7-4-5-8-14(13)20/h9-10,13-14,20H,3-8H2,1-2H3,(H2,17,18). The zero-order valence-corrected chi connectivity index (χ0v) is 12.9. The third-order valence-electron chi connectivity index (χ3n) is 4.16. The molecule has 1 aromatic rings. The number of aryl methyl sites for hydroxylation is 1. The van der Waals surface area contributed by atoms with Gasteiger partial charge in [0, 0.05) is 18.3 Å². The summed E-state index contributed by atoms with van der Waals surface area (Å²) < 4.78 is 0. The van der Waals surface area contributed by atoms with Gasteiger partial charge in [-0.15, -0.1) is 0 Å².